The van der Waals surface area contributed by atoms with Gasteiger partial charge in [0.05, 0.1) is 21.8 Å². The van der Waals surface area contributed by atoms with Gasteiger partial charge in [0.25, 0.3) is 5.91 Å². The van der Waals surface area contributed by atoms with E-state index in [1.807, 2.05) is 19.0 Å². The minimum absolute atomic E-state index is 0.0103. The highest BCUT2D eigenvalue weighted by atomic mass is 35.5. The summed E-state index contributed by atoms with van der Waals surface area (Å²) in [5.74, 6) is -0.968. The lowest BCUT2D eigenvalue weighted by atomic mass is 10.0. The maximum Gasteiger partial charge on any atom is 0.416 e. The number of hydrogen-bond donors (Lipinski definition) is 2. The lowest BCUT2D eigenvalue weighted by Crippen LogP contribution is -2.17. The molecule has 9 heteroatoms. The van der Waals surface area contributed by atoms with Crippen molar-refractivity contribution < 1.29 is 23.1 Å². The van der Waals surface area contributed by atoms with Gasteiger partial charge in [0.2, 0.25) is 0 Å². The third kappa shape index (κ3) is 5.51. The number of halogens is 5. The van der Waals surface area contributed by atoms with Gasteiger partial charge in [-0.15, -0.1) is 0 Å². The third-order valence-corrected chi connectivity index (χ3v) is 4.30. The molecule has 1 amide bonds. The van der Waals surface area contributed by atoms with E-state index in [0.29, 0.717) is 18.5 Å². The van der Waals surface area contributed by atoms with Gasteiger partial charge in [0.1, 0.15) is 5.75 Å². The fourth-order valence-corrected chi connectivity index (χ4v) is 2.81. The van der Waals surface area contributed by atoms with Crippen LogP contribution >= 0.6 is 23.2 Å². The van der Waals surface area contributed by atoms with Crippen molar-refractivity contribution in [3.05, 3.63) is 57.1 Å². The quantitative estimate of drug-likeness (QED) is 0.709. The first-order valence-corrected chi connectivity index (χ1v) is 8.59. The van der Waals surface area contributed by atoms with Crippen molar-refractivity contribution in [2.24, 2.45) is 0 Å². The summed E-state index contributed by atoms with van der Waals surface area (Å²) < 4.78 is 38.1. The first kappa shape index (κ1) is 21.3. The number of rotatable bonds is 5. The van der Waals surface area contributed by atoms with Gasteiger partial charge < -0.3 is 15.3 Å². The van der Waals surface area contributed by atoms with Crippen LogP contribution in [-0.2, 0) is 12.6 Å². The summed E-state index contributed by atoms with van der Waals surface area (Å²) in [4.78, 5) is 14.4. The molecule has 27 heavy (non-hydrogen) atoms. The normalized spacial score (nSPS) is 11.7. The van der Waals surface area contributed by atoms with Crippen LogP contribution in [0.4, 0.5) is 18.9 Å². The van der Waals surface area contributed by atoms with Crippen LogP contribution in [0.3, 0.4) is 0 Å². The lowest BCUT2D eigenvalue weighted by Gasteiger charge is -2.15. The number of carbonyl (C=O) groups is 1. The average molecular weight is 421 g/mol. The molecule has 4 nitrogen and oxygen atoms in total. The number of amides is 1. The molecule has 146 valence electrons. The Balaban J connectivity index is 2.28. The van der Waals surface area contributed by atoms with Gasteiger partial charge in [-0.3, -0.25) is 4.79 Å². The molecule has 0 aromatic heterocycles. The van der Waals surface area contributed by atoms with Crippen molar-refractivity contribution in [3.63, 3.8) is 0 Å². The van der Waals surface area contributed by atoms with E-state index in [-0.39, 0.29) is 27.0 Å². The second-order valence-corrected chi connectivity index (χ2v) is 7.00. The van der Waals surface area contributed by atoms with Crippen LogP contribution in [-0.4, -0.2) is 36.6 Å². The van der Waals surface area contributed by atoms with Crippen molar-refractivity contribution in [1.82, 2.24) is 4.90 Å². The number of alkyl halides is 3. The monoisotopic (exact) mass is 420 g/mol. The Bertz CT molecular complexity index is 855. The van der Waals surface area contributed by atoms with Crippen LogP contribution in [0.25, 0.3) is 0 Å². The first-order chi connectivity index (χ1) is 12.5. The second kappa shape index (κ2) is 8.37. The van der Waals surface area contributed by atoms with Gasteiger partial charge in [-0.2, -0.15) is 13.2 Å². The molecule has 0 aliphatic heterocycles. The summed E-state index contributed by atoms with van der Waals surface area (Å²) in [6.45, 7) is 0.625. The standard InChI is InChI=1S/C18H17Cl2F3N2O2/c1-25(2)6-5-10-7-12(19)9-13(16(10)26)17(27)24-15-4-3-11(8-14(15)20)18(21,22)23/h3-4,7-9,26H,5-6H2,1-2H3,(H,24,27). The summed E-state index contributed by atoms with van der Waals surface area (Å²) in [7, 11) is 3.73. The number of hydrogen-bond acceptors (Lipinski definition) is 3. The molecule has 0 saturated heterocycles. The highest BCUT2D eigenvalue weighted by Gasteiger charge is 2.31. The molecule has 0 radical (unpaired) electrons. The van der Waals surface area contributed by atoms with Gasteiger partial charge in [-0.1, -0.05) is 23.2 Å². The maximum absolute atomic E-state index is 12.7. The number of nitrogens with zero attached hydrogens (tertiary/aromatic N) is 1. The Morgan fingerprint density at radius 3 is 2.41 bits per heavy atom. The highest BCUT2D eigenvalue weighted by Crippen LogP contribution is 2.34. The van der Waals surface area contributed by atoms with Crippen molar-refractivity contribution in [2.45, 2.75) is 12.6 Å². The van der Waals surface area contributed by atoms with Gasteiger partial charge >= 0.3 is 6.18 Å². The summed E-state index contributed by atoms with van der Waals surface area (Å²) in [6, 6.07) is 5.42. The summed E-state index contributed by atoms with van der Waals surface area (Å²) in [6.07, 6.45) is -4.08. The fourth-order valence-electron chi connectivity index (χ4n) is 2.35. The number of phenols is 1. The van der Waals surface area contributed by atoms with Crippen LogP contribution in [0.1, 0.15) is 21.5 Å². The Hall–Kier alpha value is -1.96. The molecule has 2 N–H and O–H groups in total. The maximum atomic E-state index is 12.7. The van der Waals surface area contributed by atoms with E-state index < -0.39 is 17.6 Å². The van der Waals surface area contributed by atoms with Crippen LogP contribution in [0.15, 0.2) is 30.3 Å². The van der Waals surface area contributed by atoms with E-state index in [4.69, 9.17) is 23.2 Å². The predicted octanol–water partition coefficient (Wildman–Crippen LogP) is 5.07. The number of nitrogens with one attached hydrogen (secondary N) is 1. The van der Waals surface area contributed by atoms with E-state index >= 15 is 0 Å². The van der Waals surface area contributed by atoms with E-state index in [1.165, 1.54) is 6.07 Å². The van der Waals surface area contributed by atoms with E-state index in [1.54, 1.807) is 6.07 Å². The van der Waals surface area contributed by atoms with Crippen LogP contribution in [0, 0.1) is 0 Å². The lowest BCUT2D eigenvalue weighted by molar-refractivity contribution is -0.137. The number of phenolic OH excluding ortho intramolecular Hbond substituents is 1. The SMILES string of the molecule is CN(C)CCc1cc(Cl)cc(C(=O)Nc2ccc(C(F)(F)F)cc2Cl)c1O. The molecule has 0 saturated carbocycles. The van der Waals surface area contributed by atoms with E-state index in [0.717, 1.165) is 18.2 Å². The second-order valence-electron chi connectivity index (χ2n) is 6.16. The van der Waals surface area contributed by atoms with Crippen molar-refractivity contribution in [2.75, 3.05) is 26.0 Å². The molecule has 0 atom stereocenters. The largest absolute Gasteiger partial charge is 0.507 e. The molecule has 2 aromatic carbocycles. The molecule has 0 spiro atoms. The summed E-state index contributed by atoms with van der Waals surface area (Å²) >= 11 is 11.9. The molecule has 0 aliphatic carbocycles. The minimum Gasteiger partial charge on any atom is -0.507 e. The zero-order valence-electron chi connectivity index (χ0n) is 14.5. The van der Waals surface area contributed by atoms with Gasteiger partial charge in [-0.05, 0) is 56.4 Å². The van der Waals surface area contributed by atoms with Gasteiger partial charge in [0.15, 0.2) is 0 Å². The van der Waals surface area contributed by atoms with E-state index in [9.17, 15) is 23.1 Å². The van der Waals surface area contributed by atoms with Crippen LogP contribution in [0.2, 0.25) is 10.0 Å². The smallest absolute Gasteiger partial charge is 0.416 e. The van der Waals surface area contributed by atoms with Crippen molar-refractivity contribution in [3.8, 4) is 5.75 Å². The number of benzene rings is 2. The zero-order chi connectivity index (χ0) is 20.4. The summed E-state index contributed by atoms with van der Waals surface area (Å²) in [5, 5.41) is 12.8. The Morgan fingerprint density at radius 1 is 1.19 bits per heavy atom. The van der Waals surface area contributed by atoms with Gasteiger partial charge in [-0.25, -0.2) is 0 Å². The predicted molar refractivity (Wildman–Crippen MR) is 99.8 cm³/mol. The van der Waals surface area contributed by atoms with Crippen molar-refractivity contribution >= 4 is 34.8 Å². The van der Waals surface area contributed by atoms with Crippen molar-refractivity contribution in [1.29, 1.82) is 0 Å². The molecule has 2 aromatic rings. The number of anilines is 1. The Morgan fingerprint density at radius 2 is 1.85 bits per heavy atom. The first-order valence-electron chi connectivity index (χ1n) is 7.83. The third-order valence-electron chi connectivity index (χ3n) is 3.77. The van der Waals surface area contributed by atoms with Crippen LogP contribution < -0.4 is 5.32 Å². The van der Waals surface area contributed by atoms with E-state index in [2.05, 4.69) is 5.32 Å². The number of carbonyl (C=O) groups excluding carboxylic acids is 1. The van der Waals surface area contributed by atoms with Crippen LogP contribution in [0.5, 0.6) is 5.75 Å². The zero-order valence-corrected chi connectivity index (χ0v) is 16.0. The highest BCUT2D eigenvalue weighted by molar-refractivity contribution is 6.34. The van der Waals surface area contributed by atoms with Gasteiger partial charge in [0, 0.05) is 11.6 Å². The molecule has 0 fully saturated rings. The molecule has 0 heterocycles. The Labute approximate surface area is 164 Å². The molecule has 2 rings (SSSR count). The fraction of sp³-hybridized carbons (Fsp3) is 0.278. The molecule has 0 bridgehead atoms. The molecule has 0 unspecified atom stereocenters. The topological polar surface area (TPSA) is 52.6 Å². The average Bonchev–Trinajstić information content (AvgIpc) is 2.55. The molecule has 0 aliphatic rings. The molecular weight excluding hydrogens is 404 g/mol. The number of aromatic hydroxyl groups is 1. The molecular formula is C18H17Cl2F3N2O2. The minimum atomic E-state index is -4.54. The Kier molecular flexibility index (Phi) is 6.62. The number of likely N-dealkylation sites (N-methyl/N-ethyl adjacent to an activating group) is 1. The summed E-state index contributed by atoms with van der Waals surface area (Å²) in [5.41, 5.74) is -0.543.